The fraction of sp³-hybridized carbons (Fsp3) is 0.889. The van der Waals surface area contributed by atoms with Crippen molar-refractivity contribution in [3.63, 3.8) is 0 Å². The van der Waals surface area contributed by atoms with Gasteiger partial charge in [0.15, 0.2) is 6.10 Å². The lowest BCUT2D eigenvalue weighted by molar-refractivity contribution is -0.156. The van der Waals surface area contributed by atoms with Crippen LogP contribution in [0.5, 0.6) is 0 Å². The van der Waals surface area contributed by atoms with Gasteiger partial charge in [-0.1, -0.05) is 0 Å². The molecule has 0 aromatic carbocycles. The van der Waals surface area contributed by atoms with Crippen LogP contribution in [0.4, 0.5) is 0 Å². The maximum absolute atomic E-state index is 10.9. The van der Waals surface area contributed by atoms with Gasteiger partial charge in [-0.3, -0.25) is 0 Å². The molecule has 0 heterocycles. The highest BCUT2D eigenvalue weighted by molar-refractivity contribution is 5.74. The van der Waals surface area contributed by atoms with E-state index < -0.39 is 12.1 Å². The molecule has 14 heavy (non-hydrogen) atoms. The average molecular weight is 205 g/mol. The first kappa shape index (κ1) is 13.4. The van der Waals surface area contributed by atoms with Crippen LogP contribution in [0.15, 0.2) is 0 Å². The second-order valence-corrected chi connectivity index (χ2v) is 3.88. The number of nitrogens with two attached hydrogens (primary N) is 1. The van der Waals surface area contributed by atoms with Crippen LogP contribution in [-0.4, -0.2) is 42.5 Å². The van der Waals surface area contributed by atoms with E-state index in [1.54, 1.807) is 0 Å². The van der Waals surface area contributed by atoms with E-state index in [2.05, 4.69) is 0 Å². The van der Waals surface area contributed by atoms with E-state index >= 15 is 0 Å². The van der Waals surface area contributed by atoms with Crippen LogP contribution >= 0.6 is 0 Å². The summed E-state index contributed by atoms with van der Waals surface area (Å²) in [6, 6.07) is 0. The molecular formula is C9H19NO4. The van der Waals surface area contributed by atoms with Gasteiger partial charge in [-0.25, -0.2) is 4.79 Å². The van der Waals surface area contributed by atoms with Gasteiger partial charge in [0.25, 0.3) is 0 Å². The van der Waals surface area contributed by atoms with Crippen molar-refractivity contribution in [1.29, 1.82) is 0 Å². The molecular weight excluding hydrogens is 186 g/mol. The van der Waals surface area contributed by atoms with E-state index in [4.69, 9.17) is 20.3 Å². The minimum Gasteiger partial charge on any atom is -0.461 e. The number of hydrogen-bond donors (Lipinski definition) is 2. The lowest BCUT2D eigenvalue weighted by atomic mass is 10.2. The van der Waals surface area contributed by atoms with Gasteiger partial charge in [-0.15, -0.1) is 0 Å². The molecule has 1 atom stereocenters. The van der Waals surface area contributed by atoms with Crippen LogP contribution in [0.3, 0.4) is 0 Å². The summed E-state index contributed by atoms with van der Waals surface area (Å²) >= 11 is 0. The molecule has 0 spiro atoms. The average Bonchev–Trinajstić information content (AvgIpc) is 2.09. The lowest BCUT2D eigenvalue weighted by Crippen LogP contribution is -2.32. The van der Waals surface area contributed by atoms with Gasteiger partial charge in [0, 0.05) is 6.54 Å². The van der Waals surface area contributed by atoms with E-state index in [0.717, 1.165) is 0 Å². The van der Waals surface area contributed by atoms with Crippen molar-refractivity contribution in [2.24, 2.45) is 5.73 Å². The van der Waals surface area contributed by atoms with Crippen LogP contribution in [0, 0.1) is 0 Å². The monoisotopic (exact) mass is 205 g/mol. The zero-order valence-electron chi connectivity index (χ0n) is 8.95. The summed E-state index contributed by atoms with van der Waals surface area (Å²) in [5.74, 6) is -0.704. The molecule has 0 saturated carbocycles. The molecule has 0 aromatic heterocycles. The molecule has 0 fully saturated rings. The fourth-order valence-electron chi connectivity index (χ4n) is 0.683. The zero-order chi connectivity index (χ0) is 11.2. The molecule has 5 nitrogen and oxygen atoms in total. The Kier molecular flexibility index (Phi) is 5.68. The van der Waals surface area contributed by atoms with Crippen molar-refractivity contribution in [2.75, 3.05) is 19.8 Å². The molecule has 0 aliphatic rings. The first-order chi connectivity index (χ1) is 6.37. The van der Waals surface area contributed by atoms with E-state index in [0.29, 0.717) is 6.61 Å². The molecule has 0 aliphatic heterocycles. The highest BCUT2D eigenvalue weighted by atomic mass is 16.6. The maximum Gasteiger partial charge on any atom is 0.336 e. The molecule has 0 amide bonds. The van der Waals surface area contributed by atoms with Gasteiger partial charge in [0.2, 0.25) is 0 Å². The second-order valence-electron chi connectivity index (χ2n) is 3.88. The Morgan fingerprint density at radius 2 is 2.00 bits per heavy atom. The molecule has 3 N–H and O–H groups in total. The quantitative estimate of drug-likeness (QED) is 0.474. The first-order valence-electron chi connectivity index (χ1n) is 4.55. The standard InChI is InChI=1S/C9H19NO4/c1-9(2,3)14-5-4-13-8(12)7(11)6-10/h7,11H,4-6,10H2,1-3H3/t7-/m0/s1. The Labute approximate surface area is 84.2 Å². The minimum atomic E-state index is -1.23. The Bertz CT molecular complexity index is 176. The second kappa shape index (κ2) is 5.95. The Morgan fingerprint density at radius 1 is 1.43 bits per heavy atom. The van der Waals surface area contributed by atoms with Crippen molar-refractivity contribution < 1.29 is 19.4 Å². The number of aliphatic hydroxyl groups excluding tert-OH is 1. The van der Waals surface area contributed by atoms with Gasteiger partial charge >= 0.3 is 5.97 Å². The van der Waals surface area contributed by atoms with E-state index in [9.17, 15) is 4.79 Å². The summed E-state index contributed by atoms with van der Waals surface area (Å²) in [5, 5.41) is 8.95. The van der Waals surface area contributed by atoms with Crippen LogP contribution in [-0.2, 0) is 14.3 Å². The van der Waals surface area contributed by atoms with Crippen molar-refractivity contribution in [1.82, 2.24) is 0 Å². The minimum absolute atomic E-state index is 0.126. The number of esters is 1. The Balaban J connectivity index is 3.51. The molecule has 0 saturated heterocycles. The largest absolute Gasteiger partial charge is 0.461 e. The van der Waals surface area contributed by atoms with Gasteiger partial charge in [0.1, 0.15) is 6.61 Å². The zero-order valence-corrected chi connectivity index (χ0v) is 8.95. The SMILES string of the molecule is CC(C)(C)OCCOC(=O)[C@@H](O)CN. The van der Waals surface area contributed by atoms with Gasteiger partial charge in [-0.2, -0.15) is 0 Å². The number of aliphatic hydroxyl groups is 1. The first-order valence-corrected chi connectivity index (χ1v) is 4.55. The predicted molar refractivity (Wildman–Crippen MR) is 51.7 cm³/mol. The third kappa shape index (κ3) is 6.82. The summed E-state index contributed by atoms with van der Waals surface area (Å²) in [7, 11) is 0. The van der Waals surface area contributed by atoms with E-state index in [-0.39, 0.29) is 18.8 Å². The molecule has 0 radical (unpaired) electrons. The van der Waals surface area contributed by atoms with Crippen LogP contribution in [0.2, 0.25) is 0 Å². The third-order valence-corrected chi connectivity index (χ3v) is 1.36. The summed E-state index contributed by atoms with van der Waals surface area (Å²) in [6.07, 6.45) is -1.23. The van der Waals surface area contributed by atoms with E-state index in [1.165, 1.54) is 0 Å². The van der Waals surface area contributed by atoms with Crippen LogP contribution in [0.25, 0.3) is 0 Å². The molecule has 0 aromatic rings. The summed E-state index contributed by atoms with van der Waals surface area (Å²) in [5.41, 5.74) is 4.81. The number of ether oxygens (including phenoxy) is 2. The van der Waals surface area contributed by atoms with Crippen LogP contribution < -0.4 is 5.73 Å². The Morgan fingerprint density at radius 3 is 2.43 bits per heavy atom. The predicted octanol–water partition coefficient (Wildman–Crippen LogP) is -0.336. The number of rotatable bonds is 5. The third-order valence-electron chi connectivity index (χ3n) is 1.36. The van der Waals surface area contributed by atoms with Crippen molar-refractivity contribution in [3.05, 3.63) is 0 Å². The topological polar surface area (TPSA) is 81.8 Å². The summed E-state index contributed by atoms with van der Waals surface area (Å²) in [6.45, 7) is 6.04. The number of carbonyl (C=O) groups excluding carboxylic acids is 1. The van der Waals surface area contributed by atoms with Gasteiger partial charge in [-0.05, 0) is 20.8 Å². The van der Waals surface area contributed by atoms with E-state index in [1.807, 2.05) is 20.8 Å². The maximum atomic E-state index is 10.9. The van der Waals surface area contributed by atoms with Gasteiger partial charge < -0.3 is 20.3 Å². The molecule has 5 heteroatoms. The van der Waals surface area contributed by atoms with Crippen LogP contribution in [0.1, 0.15) is 20.8 Å². The summed E-state index contributed by atoms with van der Waals surface area (Å²) in [4.78, 5) is 10.9. The highest BCUT2D eigenvalue weighted by Crippen LogP contribution is 2.05. The fourth-order valence-corrected chi connectivity index (χ4v) is 0.683. The van der Waals surface area contributed by atoms with Crippen molar-refractivity contribution in [2.45, 2.75) is 32.5 Å². The molecule has 0 rings (SSSR count). The molecule has 0 aliphatic carbocycles. The van der Waals surface area contributed by atoms with Gasteiger partial charge in [0.05, 0.1) is 12.2 Å². The number of hydrogen-bond acceptors (Lipinski definition) is 5. The molecule has 84 valence electrons. The summed E-state index contributed by atoms with van der Waals surface area (Å²) < 4.78 is 10.00. The molecule has 0 unspecified atom stereocenters. The molecule has 0 bridgehead atoms. The smallest absolute Gasteiger partial charge is 0.336 e. The Hall–Kier alpha value is -0.650. The van der Waals surface area contributed by atoms with Crippen molar-refractivity contribution in [3.8, 4) is 0 Å². The van der Waals surface area contributed by atoms with Crippen molar-refractivity contribution >= 4 is 5.97 Å². The normalized spacial score (nSPS) is 13.8. The highest BCUT2D eigenvalue weighted by Gasteiger charge is 2.15. The number of carbonyl (C=O) groups is 1. The lowest BCUT2D eigenvalue weighted by Gasteiger charge is -2.19.